The zero-order chi connectivity index (χ0) is 64.8. The highest BCUT2D eigenvalue weighted by Crippen LogP contribution is 2.68. The second-order valence-corrected chi connectivity index (χ2v) is 17.4. The third-order valence-electron chi connectivity index (χ3n) is 10.8. The highest BCUT2D eigenvalue weighted by Gasteiger charge is 2.99. The summed E-state index contributed by atoms with van der Waals surface area (Å²) in [6.45, 7) is -10.4. The number of nitrogens with zero attached hydrogens (tertiary/aromatic N) is 2. The van der Waals surface area contributed by atoms with Crippen LogP contribution in [0.25, 0.3) is 0 Å². The molecule has 0 bridgehead atoms. The summed E-state index contributed by atoms with van der Waals surface area (Å²) in [5, 5.41) is 18.3. The molecule has 0 rings (SSSR count). The van der Waals surface area contributed by atoms with Crippen LogP contribution >= 0.6 is 0 Å². The molecule has 472 valence electrons. The molecule has 79 heavy (non-hydrogen) atoms. The summed E-state index contributed by atoms with van der Waals surface area (Å²) in [5.41, 5.74) is -2.51. The van der Waals surface area contributed by atoms with Crippen molar-refractivity contribution >= 4 is 12.2 Å². The summed E-state index contributed by atoms with van der Waals surface area (Å²) < 4.78 is 553. The monoisotopic (exact) mass is 1270 g/mol. The largest absolute Gasteiger partial charge is 0.465 e. The molecule has 0 aliphatic rings. The predicted octanol–water partition coefficient (Wildman–Crippen LogP) is 15.4. The SMILES string of the molecule is CC(CCN(CC(F)(F)C(F)(F)C(F)(F)C(F)(F)C(F)(F)C(F)(F)C(F)(F)C(F)(F)C(F)(F)C(F)F)C(=O)O)CC(C)(C)CN(CC(F)(F)C(F)(F)C(F)(F)C(F)(F)C(F)(F)C(F)(F)C(F)(F)C(F)(F)C(F)(F)C(F)F)C(=O)O. The number of carbonyl (C=O) groups is 2. The molecular weight excluding hydrogens is 1250 g/mol. The van der Waals surface area contributed by atoms with Gasteiger partial charge in [-0.2, -0.15) is 158 Å². The van der Waals surface area contributed by atoms with Crippen molar-refractivity contribution in [2.75, 3.05) is 26.2 Å². The van der Waals surface area contributed by atoms with Gasteiger partial charge in [-0.3, -0.25) is 0 Å². The van der Waals surface area contributed by atoms with E-state index in [-0.39, 0.29) is 0 Å². The topological polar surface area (TPSA) is 81.1 Å². The highest BCUT2D eigenvalue weighted by atomic mass is 19.4. The molecule has 0 saturated heterocycles. The first kappa shape index (κ1) is 74.7. The molecule has 46 heteroatoms. The summed E-state index contributed by atoms with van der Waals surface area (Å²) in [6, 6.07) is 0. The van der Waals surface area contributed by atoms with Gasteiger partial charge in [-0.1, -0.05) is 20.8 Å². The van der Waals surface area contributed by atoms with Crippen molar-refractivity contribution < 1.29 is 195 Å². The van der Waals surface area contributed by atoms with Gasteiger partial charge in [0.25, 0.3) is 0 Å². The number of rotatable bonds is 29. The highest BCUT2D eigenvalue weighted by molar-refractivity contribution is 5.65. The third-order valence-corrected chi connectivity index (χ3v) is 10.8. The molecule has 0 aliphatic carbocycles. The molecule has 2 N–H and O–H groups in total. The molecule has 0 spiro atoms. The van der Waals surface area contributed by atoms with Crippen molar-refractivity contribution in [3.8, 4) is 0 Å². The average molecular weight is 1270 g/mol. The van der Waals surface area contributed by atoms with Gasteiger partial charge in [0.1, 0.15) is 0 Å². The van der Waals surface area contributed by atoms with Crippen molar-refractivity contribution in [3.05, 3.63) is 0 Å². The van der Waals surface area contributed by atoms with E-state index in [1.54, 1.807) is 0 Å². The maximum Gasteiger partial charge on any atom is 0.407 e. The third kappa shape index (κ3) is 11.1. The average Bonchev–Trinajstić information content (AvgIpc) is 3.22. The van der Waals surface area contributed by atoms with Gasteiger partial charge in [0.2, 0.25) is 0 Å². The van der Waals surface area contributed by atoms with Crippen LogP contribution in [0.15, 0.2) is 0 Å². The predicted molar refractivity (Wildman–Crippen MR) is 172 cm³/mol. The van der Waals surface area contributed by atoms with E-state index < -0.39 is 192 Å². The van der Waals surface area contributed by atoms with Crippen LogP contribution in [0.1, 0.15) is 33.6 Å². The van der Waals surface area contributed by atoms with Gasteiger partial charge in [-0.15, -0.1) is 0 Å². The standard InChI is InChI=1S/C33H26F40N2O4/c1-10(4-5-74(13(76)77)8-16(38,39)20(46,47)24(54,55)28(62,63)32(70,71)30(66,67)26(58,59)22(50,51)18(42,43)11(34)35)6-15(2,3)7-75(14(78)79)9-17(40,41)21(48,49)25(56,57)29(64,65)33(72,73)31(68,69)27(60,61)23(52,53)19(44,45)12(36)37/h10-12H,4-9H2,1-3H3,(H,76,77)(H,78,79). The molecule has 0 aromatic rings. The Bertz CT molecular complexity index is 2140. The minimum Gasteiger partial charge on any atom is -0.465 e. The molecular formula is C33H26F40N2O4. The lowest BCUT2D eigenvalue weighted by Gasteiger charge is -2.45. The molecule has 1 unspecified atom stereocenters. The zero-order valence-electron chi connectivity index (χ0n) is 37.2. The van der Waals surface area contributed by atoms with Gasteiger partial charge in [-0.25, -0.2) is 27.2 Å². The quantitative estimate of drug-likeness (QED) is 0.0732. The molecule has 1 atom stereocenters. The normalized spacial score (nSPS) is 16.5. The van der Waals surface area contributed by atoms with E-state index in [4.69, 9.17) is 5.11 Å². The number of halogens is 40. The van der Waals surface area contributed by atoms with E-state index in [2.05, 4.69) is 0 Å². The minimum absolute atomic E-state index is 0.432. The van der Waals surface area contributed by atoms with Gasteiger partial charge in [0, 0.05) is 13.1 Å². The maximum absolute atomic E-state index is 14.7. The first-order chi connectivity index (χ1) is 33.8. The van der Waals surface area contributed by atoms with E-state index in [9.17, 15) is 190 Å². The van der Waals surface area contributed by atoms with Gasteiger partial charge in [-0.05, 0) is 24.2 Å². The Morgan fingerprint density at radius 1 is 0.342 bits per heavy atom. The molecule has 0 aromatic carbocycles. The molecule has 0 aliphatic heterocycles. The van der Waals surface area contributed by atoms with E-state index >= 15 is 0 Å². The first-order valence-electron chi connectivity index (χ1n) is 19.1. The molecule has 0 heterocycles. The van der Waals surface area contributed by atoms with E-state index in [0.29, 0.717) is 20.8 Å². The fourth-order valence-electron chi connectivity index (χ4n) is 6.24. The van der Waals surface area contributed by atoms with Crippen LogP contribution in [0.2, 0.25) is 0 Å². The zero-order valence-corrected chi connectivity index (χ0v) is 37.2. The number of alkyl halides is 40. The second kappa shape index (κ2) is 20.9. The number of hydrogen-bond acceptors (Lipinski definition) is 2. The number of carboxylic acid groups (broad SMARTS) is 2. The van der Waals surface area contributed by atoms with Crippen molar-refractivity contribution in [1.29, 1.82) is 0 Å². The second-order valence-electron chi connectivity index (χ2n) is 17.4. The van der Waals surface area contributed by atoms with Crippen molar-refractivity contribution in [1.82, 2.24) is 9.80 Å². The summed E-state index contributed by atoms with van der Waals surface area (Å²) in [6.07, 6.45) is -21.8. The Balaban J connectivity index is 6.88. The first-order valence-corrected chi connectivity index (χ1v) is 19.1. The molecule has 0 saturated carbocycles. The Morgan fingerprint density at radius 2 is 0.544 bits per heavy atom. The van der Waals surface area contributed by atoms with Gasteiger partial charge in [0.15, 0.2) is 0 Å². The number of hydrogen-bond donors (Lipinski definition) is 2. The van der Waals surface area contributed by atoms with E-state index in [1.807, 2.05) is 0 Å². The fraction of sp³-hybridized carbons (Fsp3) is 0.939. The minimum atomic E-state index is -9.47. The van der Waals surface area contributed by atoms with E-state index in [0.717, 1.165) is 0 Å². The summed E-state index contributed by atoms with van der Waals surface area (Å²) in [7, 11) is 0. The van der Waals surface area contributed by atoms with Crippen LogP contribution in [0.3, 0.4) is 0 Å². The van der Waals surface area contributed by atoms with Crippen LogP contribution in [0.4, 0.5) is 185 Å². The molecule has 2 amide bonds. The van der Waals surface area contributed by atoms with Crippen molar-refractivity contribution in [2.24, 2.45) is 11.3 Å². The summed E-state index contributed by atoms with van der Waals surface area (Å²) in [4.78, 5) is 20.4. The lowest BCUT2D eigenvalue weighted by molar-refractivity contribution is -0.465. The Labute approximate surface area is 408 Å². The lowest BCUT2D eigenvalue weighted by Crippen LogP contribution is -2.76. The summed E-state index contributed by atoms with van der Waals surface area (Å²) >= 11 is 0. The number of amides is 2. The van der Waals surface area contributed by atoms with Crippen LogP contribution in [0, 0.1) is 11.3 Å². The molecule has 0 radical (unpaired) electrons. The van der Waals surface area contributed by atoms with Gasteiger partial charge < -0.3 is 20.0 Å². The molecule has 0 aromatic heterocycles. The molecule has 6 nitrogen and oxygen atoms in total. The summed E-state index contributed by atoms with van der Waals surface area (Å²) in [5.74, 6) is -161. The van der Waals surface area contributed by atoms with Crippen LogP contribution in [-0.2, 0) is 0 Å². The van der Waals surface area contributed by atoms with Crippen molar-refractivity contribution in [2.45, 2.75) is 153 Å². The van der Waals surface area contributed by atoms with Gasteiger partial charge in [0.05, 0.1) is 13.1 Å². The van der Waals surface area contributed by atoms with Gasteiger partial charge >= 0.3 is 132 Å². The van der Waals surface area contributed by atoms with Crippen molar-refractivity contribution in [3.63, 3.8) is 0 Å². The Kier molecular flexibility index (Phi) is 19.7. The lowest BCUT2D eigenvalue weighted by atomic mass is 9.81. The fourth-order valence-corrected chi connectivity index (χ4v) is 6.24. The van der Waals surface area contributed by atoms with Crippen LogP contribution < -0.4 is 0 Å². The Hall–Kier alpha value is -4.26. The molecule has 0 fully saturated rings. The van der Waals surface area contributed by atoms with Crippen LogP contribution in [-0.4, -0.2) is 178 Å². The van der Waals surface area contributed by atoms with E-state index in [1.165, 1.54) is 0 Å². The Morgan fingerprint density at radius 3 is 0.759 bits per heavy atom. The van der Waals surface area contributed by atoms with Crippen LogP contribution in [0.5, 0.6) is 0 Å². The maximum atomic E-state index is 14.7. The smallest absolute Gasteiger partial charge is 0.407 e.